The summed E-state index contributed by atoms with van der Waals surface area (Å²) in [5.74, 6) is 0.277. The first-order chi connectivity index (χ1) is 11.0. The second-order valence-electron chi connectivity index (χ2n) is 5.35. The maximum Gasteiger partial charge on any atom is 0.277 e. The number of rotatable bonds is 5. The van der Waals surface area contributed by atoms with Crippen molar-refractivity contribution in [3.05, 3.63) is 63.7 Å². The van der Waals surface area contributed by atoms with Crippen molar-refractivity contribution in [2.75, 3.05) is 6.61 Å². The fraction of sp³-hybridized carbons (Fsp3) is 0.222. The Morgan fingerprint density at radius 3 is 2.65 bits per heavy atom. The van der Waals surface area contributed by atoms with Crippen LogP contribution < -0.4 is 10.2 Å². The number of benzene rings is 2. The van der Waals surface area contributed by atoms with Crippen molar-refractivity contribution in [3.8, 4) is 5.75 Å². The topological polar surface area (TPSA) is 50.7 Å². The summed E-state index contributed by atoms with van der Waals surface area (Å²) >= 11 is 5.94. The van der Waals surface area contributed by atoms with E-state index in [9.17, 15) is 4.79 Å². The van der Waals surface area contributed by atoms with Crippen molar-refractivity contribution in [2.24, 2.45) is 5.10 Å². The zero-order valence-electron chi connectivity index (χ0n) is 13.4. The van der Waals surface area contributed by atoms with Gasteiger partial charge in [0.05, 0.1) is 6.21 Å². The Bertz CT molecular complexity index is 742. The van der Waals surface area contributed by atoms with Gasteiger partial charge in [-0.3, -0.25) is 4.79 Å². The molecule has 2 aromatic rings. The molecule has 0 heterocycles. The Morgan fingerprint density at radius 1 is 1.17 bits per heavy atom. The summed E-state index contributed by atoms with van der Waals surface area (Å²) in [5, 5.41) is 4.62. The molecule has 2 aromatic carbocycles. The molecule has 0 fully saturated rings. The molecule has 4 nitrogen and oxygen atoms in total. The van der Waals surface area contributed by atoms with E-state index in [1.807, 2.05) is 32.9 Å². The first-order valence-electron chi connectivity index (χ1n) is 7.24. The highest BCUT2D eigenvalue weighted by Gasteiger charge is 2.03. The molecule has 0 spiro atoms. The summed E-state index contributed by atoms with van der Waals surface area (Å²) in [6, 6.07) is 11.3. The van der Waals surface area contributed by atoms with Gasteiger partial charge in [-0.1, -0.05) is 35.4 Å². The van der Waals surface area contributed by atoms with E-state index in [0.717, 1.165) is 16.7 Å². The molecule has 0 saturated carbocycles. The van der Waals surface area contributed by atoms with Crippen molar-refractivity contribution < 1.29 is 9.53 Å². The molecule has 0 aliphatic carbocycles. The number of nitrogens with one attached hydrogen (secondary N) is 1. The SMILES string of the molecule is Cc1ccc(/C=N/NC(=O)COc2ccc(Cl)c(C)c2)c(C)c1. The van der Waals surface area contributed by atoms with E-state index < -0.39 is 0 Å². The van der Waals surface area contributed by atoms with Crippen LogP contribution in [-0.2, 0) is 4.79 Å². The first-order valence-corrected chi connectivity index (χ1v) is 7.61. The van der Waals surface area contributed by atoms with Crippen LogP contribution in [-0.4, -0.2) is 18.7 Å². The number of amides is 1. The molecule has 0 radical (unpaired) electrons. The van der Waals surface area contributed by atoms with Crippen molar-refractivity contribution in [1.29, 1.82) is 0 Å². The molecule has 0 aliphatic heterocycles. The fourth-order valence-corrected chi connectivity index (χ4v) is 2.15. The zero-order chi connectivity index (χ0) is 16.8. The van der Waals surface area contributed by atoms with E-state index in [-0.39, 0.29) is 12.5 Å². The lowest BCUT2D eigenvalue weighted by atomic mass is 10.1. The Balaban J connectivity index is 1.85. The number of carbonyl (C=O) groups is 1. The minimum atomic E-state index is -0.321. The van der Waals surface area contributed by atoms with Crippen LogP contribution >= 0.6 is 11.6 Å². The van der Waals surface area contributed by atoms with E-state index in [0.29, 0.717) is 10.8 Å². The van der Waals surface area contributed by atoms with E-state index in [4.69, 9.17) is 16.3 Å². The van der Waals surface area contributed by atoms with Gasteiger partial charge in [0.25, 0.3) is 5.91 Å². The van der Waals surface area contributed by atoms with Crippen LogP contribution in [0.25, 0.3) is 0 Å². The van der Waals surface area contributed by atoms with Crippen molar-refractivity contribution in [1.82, 2.24) is 5.43 Å². The van der Waals surface area contributed by atoms with Gasteiger partial charge in [0.2, 0.25) is 0 Å². The summed E-state index contributed by atoms with van der Waals surface area (Å²) < 4.78 is 5.40. The molecule has 0 bridgehead atoms. The molecule has 23 heavy (non-hydrogen) atoms. The average molecular weight is 331 g/mol. The highest BCUT2D eigenvalue weighted by molar-refractivity contribution is 6.31. The third kappa shape index (κ3) is 5.11. The van der Waals surface area contributed by atoms with Gasteiger partial charge >= 0.3 is 0 Å². The molecule has 1 amide bonds. The maximum absolute atomic E-state index is 11.7. The molecule has 1 N–H and O–H groups in total. The molecule has 0 atom stereocenters. The molecule has 0 aliphatic rings. The van der Waals surface area contributed by atoms with Crippen LogP contribution in [0.1, 0.15) is 22.3 Å². The number of hydrogen-bond acceptors (Lipinski definition) is 3. The van der Waals surface area contributed by atoms with Crippen LogP contribution in [0.3, 0.4) is 0 Å². The Hall–Kier alpha value is -2.33. The molecule has 0 aromatic heterocycles. The quantitative estimate of drug-likeness (QED) is 0.669. The molecule has 0 saturated heterocycles. The van der Waals surface area contributed by atoms with Gasteiger partial charge < -0.3 is 4.74 Å². The van der Waals surface area contributed by atoms with Gasteiger partial charge in [-0.2, -0.15) is 5.10 Å². The molecular formula is C18H19ClN2O2. The number of hydrogen-bond donors (Lipinski definition) is 1. The van der Waals surface area contributed by atoms with Gasteiger partial charge in [0.1, 0.15) is 5.75 Å². The number of carbonyl (C=O) groups excluding carboxylic acids is 1. The standard InChI is InChI=1S/C18H19ClN2O2/c1-12-4-5-15(13(2)8-12)10-20-21-18(22)11-23-16-6-7-17(19)14(3)9-16/h4-10H,11H2,1-3H3,(H,21,22)/b20-10+. The number of aryl methyl sites for hydroxylation is 3. The van der Waals surface area contributed by atoms with Crippen molar-refractivity contribution in [2.45, 2.75) is 20.8 Å². The third-order valence-electron chi connectivity index (χ3n) is 3.32. The summed E-state index contributed by atoms with van der Waals surface area (Å²) in [6.07, 6.45) is 1.62. The normalized spacial score (nSPS) is 10.8. The molecule has 120 valence electrons. The molecule has 5 heteroatoms. The lowest BCUT2D eigenvalue weighted by molar-refractivity contribution is -0.123. The predicted molar refractivity (Wildman–Crippen MR) is 93.3 cm³/mol. The van der Waals surface area contributed by atoms with Crippen LogP contribution in [0.15, 0.2) is 41.5 Å². The van der Waals surface area contributed by atoms with Crippen molar-refractivity contribution >= 4 is 23.7 Å². The summed E-state index contributed by atoms with van der Waals surface area (Å²) in [4.78, 5) is 11.7. The number of halogens is 1. The van der Waals surface area contributed by atoms with Crippen LogP contribution in [0.2, 0.25) is 5.02 Å². The van der Waals surface area contributed by atoms with E-state index in [1.165, 1.54) is 5.56 Å². The highest BCUT2D eigenvalue weighted by atomic mass is 35.5. The monoisotopic (exact) mass is 330 g/mol. The fourth-order valence-electron chi connectivity index (χ4n) is 2.03. The summed E-state index contributed by atoms with van der Waals surface area (Å²) in [6.45, 7) is 5.81. The average Bonchev–Trinajstić information content (AvgIpc) is 2.50. The van der Waals surface area contributed by atoms with E-state index in [2.05, 4.69) is 16.6 Å². The Morgan fingerprint density at radius 2 is 1.96 bits per heavy atom. The zero-order valence-corrected chi connectivity index (χ0v) is 14.1. The van der Waals surface area contributed by atoms with Gasteiger partial charge in [-0.05, 0) is 55.7 Å². The Labute approximate surface area is 141 Å². The van der Waals surface area contributed by atoms with Gasteiger partial charge in [-0.25, -0.2) is 5.43 Å². The maximum atomic E-state index is 11.7. The number of hydrazone groups is 1. The second-order valence-corrected chi connectivity index (χ2v) is 5.76. The minimum Gasteiger partial charge on any atom is -0.484 e. The van der Waals surface area contributed by atoms with Crippen LogP contribution in [0.5, 0.6) is 5.75 Å². The van der Waals surface area contributed by atoms with E-state index >= 15 is 0 Å². The Kier molecular flexibility index (Phi) is 5.77. The smallest absolute Gasteiger partial charge is 0.277 e. The van der Waals surface area contributed by atoms with Crippen LogP contribution in [0, 0.1) is 20.8 Å². The number of nitrogens with zero attached hydrogens (tertiary/aromatic N) is 1. The third-order valence-corrected chi connectivity index (χ3v) is 3.74. The second kappa shape index (κ2) is 7.79. The molecular weight excluding hydrogens is 312 g/mol. The van der Waals surface area contributed by atoms with Gasteiger partial charge in [0.15, 0.2) is 6.61 Å². The van der Waals surface area contributed by atoms with Crippen LogP contribution in [0.4, 0.5) is 0 Å². The van der Waals surface area contributed by atoms with Gasteiger partial charge in [0, 0.05) is 5.02 Å². The predicted octanol–water partition coefficient (Wildman–Crippen LogP) is 3.79. The van der Waals surface area contributed by atoms with Gasteiger partial charge in [-0.15, -0.1) is 0 Å². The number of ether oxygens (including phenoxy) is 1. The summed E-state index contributed by atoms with van der Waals surface area (Å²) in [7, 11) is 0. The van der Waals surface area contributed by atoms with E-state index in [1.54, 1.807) is 24.4 Å². The summed E-state index contributed by atoms with van der Waals surface area (Å²) in [5.41, 5.74) is 6.61. The largest absolute Gasteiger partial charge is 0.484 e. The van der Waals surface area contributed by atoms with Crippen molar-refractivity contribution in [3.63, 3.8) is 0 Å². The first kappa shape index (κ1) is 17.0. The molecule has 0 unspecified atom stereocenters. The molecule has 2 rings (SSSR count). The highest BCUT2D eigenvalue weighted by Crippen LogP contribution is 2.20. The lowest BCUT2D eigenvalue weighted by Crippen LogP contribution is -2.24. The minimum absolute atomic E-state index is 0.106. The lowest BCUT2D eigenvalue weighted by Gasteiger charge is -2.06.